The first-order valence-corrected chi connectivity index (χ1v) is 11.8. The Balaban J connectivity index is 1.48. The van der Waals surface area contributed by atoms with Crippen LogP contribution in [-0.4, -0.2) is 35.1 Å². The molecule has 8 heteroatoms. The van der Waals surface area contributed by atoms with Gasteiger partial charge in [0.05, 0.1) is 12.8 Å². The molecule has 1 unspecified atom stereocenters. The van der Waals surface area contributed by atoms with Crippen molar-refractivity contribution in [2.24, 2.45) is 0 Å². The molecule has 1 amide bonds. The van der Waals surface area contributed by atoms with Crippen molar-refractivity contribution in [2.75, 3.05) is 12.4 Å². The Kier molecular flexibility index (Phi) is 7.42. The Morgan fingerprint density at radius 1 is 1.03 bits per heavy atom. The topological polar surface area (TPSA) is 101 Å². The average Bonchev–Trinajstić information content (AvgIpc) is 3.24. The van der Waals surface area contributed by atoms with E-state index in [4.69, 9.17) is 4.74 Å². The van der Waals surface area contributed by atoms with Crippen molar-refractivity contribution in [1.29, 1.82) is 0 Å². The highest BCUT2D eigenvalue weighted by Crippen LogP contribution is 2.32. The fourth-order valence-electron chi connectivity index (χ4n) is 3.63. The van der Waals surface area contributed by atoms with E-state index in [1.54, 1.807) is 30.3 Å². The SMILES string of the molecule is COC(=O)C(Cc1ccccc1)NC(=O)c1cccc(Nc2nc(-c3ccc(O)cc3)c(C)s2)c1. The molecule has 3 aromatic carbocycles. The summed E-state index contributed by atoms with van der Waals surface area (Å²) in [5.41, 5.74) is 3.76. The number of carbonyl (C=O) groups is 2. The van der Waals surface area contributed by atoms with E-state index in [9.17, 15) is 14.7 Å². The Hall–Kier alpha value is -4.17. The molecule has 0 aliphatic carbocycles. The van der Waals surface area contributed by atoms with Crippen molar-refractivity contribution < 1.29 is 19.4 Å². The molecule has 1 heterocycles. The summed E-state index contributed by atoms with van der Waals surface area (Å²) in [7, 11) is 1.31. The molecule has 35 heavy (non-hydrogen) atoms. The van der Waals surface area contributed by atoms with Crippen molar-refractivity contribution in [1.82, 2.24) is 10.3 Å². The molecule has 0 aliphatic heterocycles. The van der Waals surface area contributed by atoms with Gasteiger partial charge >= 0.3 is 5.97 Å². The number of anilines is 2. The number of aromatic nitrogens is 1. The minimum Gasteiger partial charge on any atom is -0.508 e. The number of phenols is 1. The molecule has 1 atom stereocenters. The molecule has 178 valence electrons. The van der Waals surface area contributed by atoms with Crippen LogP contribution in [0.2, 0.25) is 0 Å². The minimum absolute atomic E-state index is 0.202. The van der Waals surface area contributed by atoms with Crippen LogP contribution in [0.5, 0.6) is 5.75 Å². The van der Waals surface area contributed by atoms with Crippen LogP contribution in [0.3, 0.4) is 0 Å². The number of hydrogen-bond acceptors (Lipinski definition) is 7. The summed E-state index contributed by atoms with van der Waals surface area (Å²) in [4.78, 5) is 30.9. The number of phenolic OH excluding ortho intramolecular Hbond substituents is 1. The standard InChI is InChI=1S/C27H25N3O4S/c1-17-24(19-11-13-22(31)14-12-19)30-27(35-17)28-21-10-6-9-20(16-21)25(32)29-23(26(33)34-2)15-18-7-4-3-5-8-18/h3-14,16,23,31H,15H2,1-2H3,(H,28,30)(H,29,32). The Morgan fingerprint density at radius 3 is 2.49 bits per heavy atom. The van der Waals surface area contributed by atoms with Crippen LogP contribution in [0.4, 0.5) is 10.8 Å². The molecule has 0 fully saturated rings. The lowest BCUT2D eigenvalue weighted by Gasteiger charge is -2.17. The molecular weight excluding hydrogens is 462 g/mol. The van der Waals surface area contributed by atoms with Gasteiger partial charge in [-0.05, 0) is 55.0 Å². The van der Waals surface area contributed by atoms with Gasteiger partial charge in [0.1, 0.15) is 11.8 Å². The maximum atomic E-state index is 13.0. The van der Waals surface area contributed by atoms with E-state index in [1.165, 1.54) is 18.4 Å². The number of nitrogens with one attached hydrogen (secondary N) is 2. The van der Waals surface area contributed by atoms with Crippen molar-refractivity contribution in [3.05, 3.63) is 94.9 Å². The van der Waals surface area contributed by atoms with Crippen LogP contribution in [0.25, 0.3) is 11.3 Å². The first-order chi connectivity index (χ1) is 16.9. The highest BCUT2D eigenvalue weighted by atomic mass is 32.1. The Morgan fingerprint density at radius 2 is 1.77 bits per heavy atom. The van der Waals surface area contributed by atoms with Gasteiger partial charge in [0.25, 0.3) is 5.91 Å². The number of amides is 1. The van der Waals surface area contributed by atoms with Crippen LogP contribution < -0.4 is 10.6 Å². The van der Waals surface area contributed by atoms with E-state index in [-0.39, 0.29) is 11.7 Å². The molecule has 4 aromatic rings. The predicted octanol–water partition coefficient (Wildman–Crippen LogP) is 5.08. The van der Waals surface area contributed by atoms with Gasteiger partial charge in [0, 0.05) is 28.1 Å². The molecule has 0 saturated heterocycles. The molecular formula is C27H25N3O4S. The lowest BCUT2D eigenvalue weighted by molar-refractivity contribution is -0.142. The maximum Gasteiger partial charge on any atom is 0.328 e. The lowest BCUT2D eigenvalue weighted by Crippen LogP contribution is -2.43. The maximum absolute atomic E-state index is 13.0. The van der Waals surface area contributed by atoms with Crippen LogP contribution in [0, 0.1) is 6.92 Å². The summed E-state index contributed by atoms with van der Waals surface area (Å²) in [6.07, 6.45) is 0.329. The fourth-order valence-corrected chi connectivity index (χ4v) is 4.48. The second kappa shape index (κ2) is 10.8. The number of benzene rings is 3. The third-order valence-corrected chi connectivity index (χ3v) is 6.27. The van der Waals surface area contributed by atoms with E-state index in [2.05, 4.69) is 15.6 Å². The van der Waals surface area contributed by atoms with Crippen molar-refractivity contribution >= 4 is 34.0 Å². The van der Waals surface area contributed by atoms with Gasteiger partial charge in [-0.2, -0.15) is 0 Å². The van der Waals surface area contributed by atoms with Crippen molar-refractivity contribution in [3.8, 4) is 17.0 Å². The highest BCUT2D eigenvalue weighted by molar-refractivity contribution is 7.16. The largest absolute Gasteiger partial charge is 0.508 e. The number of esters is 1. The van der Waals surface area contributed by atoms with Gasteiger partial charge < -0.3 is 20.5 Å². The molecule has 0 spiro atoms. The molecule has 1 aromatic heterocycles. The summed E-state index contributed by atoms with van der Waals surface area (Å²) in [5, 5.41) is 16.3. The summed E-state index contributed by atoms with van der Waals surface area (Å²) < 4.78 is 4.89. The zero-order valence-corrected chi connectivity index (χ0v) is 20.1. The van der Waals surface area contributed by atoms with Gasteiger partial charge in [-0.3, -0.25) is 4.79 Å². The second-order valence-corrected chi connectivity index (χ2v) is 9.12. The first-order valence-electron chi connectivity index (χ1n) is 11.0. The van der Waals surface area contributed by atoms with E-state index < -0.39 is 12.0 Å². The smallest absolute Gasteiger partial charge is 0.328 e. The second-order valence-electron chi connectivity index (χ2n) is 7.92. The summed E-state index contributed by atoms with van der Waals surface area (Å²) in [5.74, 6) is -0.676. The summed E-state index contributed by atoms with van der Waals surface area (Å²) in [6.45, 7) is 1.98. The number of methoxy groups -OCH3 is 1. The van der Waals surface area contributed by atoms with Gasteiger partial charge in [-0.25, -0.2) is 9.78 Å². The number of hydrogen-bond donors (Lipinski definition) is 3. The molecule has 0 aliphatic rings. The van der Waals surface area contributed by atoms with Crippen molar-refractivity contribution in [3.63, 3.8) is 0 Å². The third-order valence-electron chi connectivity index (χ3n) is 5.39. The molecule has 3 N–H and O–H groups in total. The summed E-state index contributed by atoms with van der Waals surface area (Å²) in [6, 6.07) is 22.6. The monoisotopic (exact) mass is 487 g/mol. The molecule has 7 nitrogen and oxygen atoms in total. The van der Waals surface area contributed by atoms with Crippen LogP contribution in [0.15, 0.2) is 78.9 Å². The zero-order chi connectivity index (χ0) is 24.8. The molecule has 0 radical (unpaired) electrons. The minimum atomic E-state index is -0.805. The van der Waals surface area contributed by atoms with E-state index >= 15 is 0 Å². The Bertz CT molecular complexity index is 1320. The van der Waals surface area contributed by atoms with Crippen molar-refractivity contribution in [2.45, 2.75) is 19.4 Å². The van der Waals surface area contributed by atoms with Gasteiger partial charge in [0.15, 0.2) is 5.13 Å². The number of aromatic hydroxyl groups is 1. The van der Waals surface area contributed by atoms with Crippen LogP contribution in [0.1, 0.15) is 20.8 Å². The van der Waals surface area contributed by atoms with Crippen LogP contribution >= 0.6 is 11.3 Å². The molecule has 0 saturated carbocycles. The Labute approximate surface area is 207 Å². The first kappa shape index (κ1) is 24.0. The number of ether oxygens (including phenoxy) is 1. The van der Waals surface area contributed by atoms with Gasteiger partial charge in [-0.1, -0.05) is 36.4 Å². The third kappa shape index (κ3) is 6.04. The average molecular weight is 488 g/mol. The quantitative estimate of drug-likeness (QED) is 0.300. The summed E-state index contributed by atoms with van der Waals surface area (Å²) >= 11 is 1.49. The number of nitrogens with zero attached hydrogens (tertiary/aromatic N) is 1. The zero-order valence-electron chi connectivity index (χ0n) is 19.3. The van der Waals surface area contributed by atoms with Crippen LogP contribution in [-0.2, 0) is 16.0 Å². The van der Waals surface area contributed by atoms with E-state index in [0.717, 1.165) is 21.7 Å². The lowest BCUT2D eigenvalue weighted by atomic mass is 10.1. The number of rotatable bonds is 8. The molecule has 4 rings (SSSR count). The van der Waals surface area contributed by atoms with E-state index in [0.29, 0.717) is 22.8 Å². The highest BCUT2D eigenvalue weighted by Gasteiger charge is 2.23. The van der Waals surface area contributed by atoms with Gasteiger partial charge in [0.2, 0.25) is 0 Å². The van der Waals surface area contributed by atoms with E-state index in [1.807, 2.05) is 55.5 Å². The predicted molar refractivity (Wildman–Crippen MR) is 137 cm³/mol. The van der Waals surface area contributed by atoms with Gasteiger partial charge in [-0.15, -0.1) is 11.3 Å². The number of carbonyl (C=O) groups excluding carboxylic acids is 2. The number of aryl methyl sites for hydroxylation is 1. The number of thiazole rings is 1. The normalized spacial score (nSPS) is 11.5. The fraction of sp³-hybridized carbons (Fsp3) is 0.148. The molecule has 0 bridgehead atoms.